The molecule has 0 unspecified atom stereocenters. The molecule has 0 bridgehead atoms. The quantitative estimate of drug-likeness (QED) is 0.917. The van der Waals surface area contributed by atoms with Crippen LogP contribution in [0.1, 0.15) is 31.2 Å². The summed E-state index contributed by atoms with van der Waals surface area (Å²) in [5.74, 6) is 0.252. The zero-order valence-electron chi connectivity index (χ0n) is 15.6. The van der Waals surface area contributed by atoms with Crippen molar-refractivity contribution >= 4 is 16.8 Å². The Morgan fingerprint density at radius 3 is 2.62 bits per heavy atom. The number of rotatable bonds is 4. The Morgan fingerprint density at radius 2 is 1.85 bits per heavy atom. The van der Waals surface area contributed by atoms with Crippen LogP contribution in [-0.4, -0.2) is 66.1 Å². The molecule has 3 heterocycles. The molecule has 2 aliphatic rings. The lowest BCUT2D eigenvalue weighted by Gasteiger charge is -2.41. The average molecular weight is 355 g/mol. The van der Waals surface area contributed by atoms with Gasteiger partial charge in [-0.15, -0.1) is 0 Å². The maximum Gasteiger partial charge on any atom is 0.227 e. The number of benzene rings is 1. The zero-order chi connectivity index (χ0) is 17.9. The smallest absolute Gasteiger partial charge is 0.227 e. The Bertz CT molecular complexity index is 743. The molecule has 1 amide bonds. The summed E-state index contributed by atoms with van der Waals surface area (Å²) < 4.78 is 5.48. The first-order valence-corrected chi connectivity index (χ1v) is 9.85. The van der Waals surface area contributed by atoms with Crippen molar-refractivity contribution in [3.63, 3.8) is 0 Å². The lowest BCUT2D eigenvalue weighted by Crippen LogP contribution is -2.50. The summed E-state index contributed by atoms with van der Waals surface area (Å²) in [6, 6.07) is 9.42. The largest absolute Gasteiger partial charge is 0.381 e. The number of H-pyrrole nitrogens is 1. The highest BCUT2D eigenvalue weighted by atomic mass is 16.5. The Balaban J connectivity index is 1.32. The molecule has 1 aromatic carbocycles. The second-order valence-electron chi connectivity index (χ2n) is 7.66. The van der Waals surface area contributed by atoms with Crippen LogP contribution in [0.25, 0.3) is 10.9 Å². The van der Waals surface area contributed by atoms with Gasteiger partial charge in [-0.2, -0.15) is 0 Å². The molecule has 2 fully saturated rings. The van der Waals surface area contributed by atoms with Gasteiger partial charge in [-0.05, 0) is 44.4 Å². The van der Waals surface area contributed by atoms with Gasteiger partial charge in [0, 0.05) is 55.5 Å². The number of ether oxygens (including phenoxy) is 1. The topological polar surface area (TPSA) is 48.6 Å². The van der Waals surface area contributed by atoms with Crippen LogP contribution in [-0.2, 0) is 16.0 Å². The molecule has 140 valence electrons. The Labute approximate surface area is 155 Å². The van der Waals surface area contributed by atoms with Crippen LogP contribution in [0.15, 0.2) is 30.5 Å². The highest BCUT2D eigenvalue weighted by molar-refractivity contribution is 5.88. The van der Waals surface area contributed by atoms with Crippen LogP contribution in [0.5, 0.6) is 0 Å². The summed E-state index contributed by atoms with van der Waals surface area (Å²) in [6.07, 6.45) is 6.89. The fourth-order valence-corrected chi connectivity index (χ4v) is 4.47. The number of amides is 1. The molecule has 1 aromatic heterocycles. The van der Waals surface area contributed by atoms with Gasteiger partial charge >= 0.3 is 0 Å². The number of nitrogens with zero attached hydrogens (tertiary/aromatic N) is 2. The first-order chi connectivity index (χ1) is 12.7. The number of nitrogens with one attached hydrogen (secondary N) is 1. The van der Waals surface area contributed by atoms with Crippen molar-refractivity contribution in [2.75, 3.05) is 33.4 Å². The Kier molecular flexibility index (Phi) is 5.27. The first-order valence-electron chi connectivity index (χ1n) is 9.85. The molecule has 0 spiro atoms. The molecule has 5 heteroatoms. The molecule has 2 aliphatic heterocycles. The summed E-state index contributed by atoms with van der Waals surface area (Å²) in [5, 5.41) is 1.16. The minimum absolute atomic E-state index is 0.252. The van der Waals surface area contributed by atoms with Crippen molar-refractivity contribution in [1.29, 1.82) is 0 Å². The predicted molar refractivity (Wildman–Crippen MR) is 103 cm³/mol. The standard InChI is InChI=1S/C21H29N3O2/c1-23(18-8-12-26-13-9-18)17-6-10-24(11-7-17)21(25)14-16-15-22-20-5-3-2-4-19(16)20/h2-5,15,17-18,22H,6-14H2,1H3. The molecule has 0 saturated carbocycles. The van der Waals surface area contributed by atoms with Gasteiger partial charge in [0.05, 0.1) is 6.42 Å². The summed E-state index contributed by atoms with van der Waals surface area (Å²) in [5.41, 5.74) is 2.21. The number of likely N-dealkylation sites (tertiary alicyclic amines) is 1. The summed E-state index contributed by atoms with van der Waals surface area (Å²) in [4.78, 5) is 20.6. The second-order valence-corrected chi connectivity index (χ2v) is 7.66. The van der Waals surface area contributed by atoms with E-state index in [0.717, 1.165) is 68.5 Å². The number of hydrogen-bond acceptors (Lipinski definition) is 3. The van der Waals surface area contributed by atoms with Crippen LogP contribution >= 0.6 is 0 Å². The number of carbonyl (C=O) groups excluding carboxylic acids is 1. The molecule has 0 aliphatic carbocycles. The first kappa shape index (κ1) is 17.6. The minimum Gasteiger partial charge on any atom is -0.381 e. The number of para-hydroxylation sites is 1. The van der Waals surface area contributed by atoms with E-state index in [4.69, 9.17) is 4.74 Å². The zero-order valence-corrected chi connectivity index (χ0v) is 15.6. The monoisotopic (exact) mass is 355 g/mol. The van der Waals surface area contributed by atoms with E-state index in [0.29, 0.717) is 18.5 Å². The van der Waals surface area contributed by atoms with Gasteiger partial charge in [-0.25, -0.2) is 0 Å². The van der Waals surface area contributed by atoms with Crippen LogP contribution < -0.4 is 0 Å². The molecule has 1 N–H and O–H groups in total. The highest BCUT2D eigenvalue weighted by Gasteiger charge is 2.29. The molecule has 2 aromatic rings. The highest BCUT2D eigenvalue weighted by Crippen LogP contribution is 2.23. The summed E-state index contributed by atoms with van der Waals surface area (Å²) in [7, 11) is 2.25. The van der Waals surface area contributed by atoms with Crippen LogP contribution in [0.3, 0.4) is 0 Å². The normalized spacial score (nSPS) is 20.2. The fraction of sp³-hybridized carbons (Fsp3) is 0.571. The molecule has 4 rings (SSSR count). The van der Waals surface area contributed by atoms with Crippen molar-refractivity contribution < 1.29 is 9.53 Å². The lowest BCUT2D eigenvalue weighted by atomic mass is 9.98. The van der Waals surface area contributed by atoms with Crippen molar-refractivity contribution in [3.05, 3.63) is 36.0 Å². The number of carbonyl (C=O) groups is 1. The van der Waals surface area contributed by atoms with E-state index < -0.39 is 0 Å². The Morgan fingerprint density at radius 1 is 1.15 bits per heavy atom. The lowest BCUT2D eigenvalue weighted by molar-refractivity contribution is -0.132. The molecule has 0 radical (unpaired) electrons. The fourth-order valence-electron chi connectivity index (χ4n) is 4.47. The number of piperidine rings is 1. The molecule has 26 heavy (non-hydrogen) atoms. The second kappa shape index (κ2) is 7.80. The van der Waals surface area contributed by atoms with E-state index in [-0.39, 0.29) is 5.91 Å². The van der Waals surface area contributed by atoms with Gasteiger partial charge in [-0.3, -0.25) is 4.79 Å². The number of aromatic amines is 1. The van der Waals surface area contributed by atoms with Gasteiger partial charge in [-0.1, -0.05) is 18.2 Å². The van der Waals surface area contributed by atoms with Crippen molar-refractivity contribution in [1.82, 2.24) is 14.8 Å². The molecule has 0 atom stereocenters. The average Bonchev–Trinajstić information content (AvgIpc) is 3.11. The third kappa shape index (κ3) is 3.64. The maximum absolute atomic E-state index is 12.8. The van der Waals surface area contributed by atoms with Gasteiger partial charge in [0.1, 0.15) is 0 Å². The van der Waals surface area contributed by atoms with Gasteiger partial charge in [0.2, 0.25) is 5.91 Å². The van der Waals surface area contributed by atoms with Gasteiger partial charge in [0.25, 0.3) is 0 Å². The van der Waals surface area contributed by atoms with E-state index >= 15 is 0 Å². The molecule has 2 saturated heterocycles. The van der Waals surface area contributed by atoms with Crippen LogP contribution in [0, 0.1) is 0 Å². The minimum atomic E-state index is 0.252. The summed E-state index contributed by atoms with van der Waals surface area (Å²) in [6.45, 7) is 3.52. The van der Waals surface area contributed by atoms with E-state index in [2.05, 4.69) is 34.0 Å². The Hall–Kier alpha value is -1.85. The van der Waals surface area contributed by atoms with Crippen molar-refractivity contribution in [2.45, 2.75) is 44.2 Å². The van der Waals surface area contributed by atoms with Crippen molar-refractivity contribution in [3.8, 4) is 0 Å². The van der Waals surface area contributed by atoms with Crippen molar-refractivity contribution in [2.24, 2.45) is 0 Å². The number of fused-ring (bicyclic) bond motifs is 1. The van der Waals surface area contributed by atoms with E-state index in [1.165, 1.54) is 0 Å². The number of hydrogen-bond donors (Lipinski definition) is 1. The van der Waals surface area contributed by atoms with E-state index in [1.54, 1.807) is 0 Å². The number of aromatic nitrogens is 1. The third-order valence-corrected chi connectivity index (χ3v) is 6.18. The molecular formula is C21H29N3O2. The molecular weight excluding hydrogens is 326 g/mol. The summed E-state index contributed by atoms with van der Waals surface area (Å²) >= 11 is 0. The van der Waals surface area contributed by atoms with E-state index in [1.807, 2.05) is 18.3 Å². The molecule has 5 nitrogen and oxygen atoms in total. The van der Waals surface area contributed by atoms with Gasteiger partial charge < -0.3 is 19.5 Å². The third-order valence-electron chi connectivity index (χ3n) is 6.18. The predicted octanol–water partition coefficient (Wildman–Crippen LogP) is 2.81. The van der Waals surface area contributed by atoms with Gasteiger partial charge in [0.15, 0.2) is 0 Å². The van der Waals surface area contributed by atoms with Crippen LogP contribution in [0.2, 0.25) is 0 Å². The van der Waals surface area contributed by atoms with Crippen LogP contribution in [0.4, 0.5) is 0 Å². The maximum atomic E-state index is 12.8. The van der Waals surface area contributed by atoms with E-state index in [9.17, 15) is 4.79 Å². The SMILES string of the molecule is CN(C1CCOCC1)C1CCN(C(=O)Cc2c[nH]c3ccccc23)CC1.